The number of halogens is 1. The number of aryl methyl sites for hydroxylation is 1. The van der Waals surface area contributed by atoms with Gasteiger partial charge in [0.25, 0.3) is 0 Å². The number of piperidine rings is 1. The lowest BCUT2D eigenvalue weighted by Gasteiger charge is -2.31. The van der Waals surface area contributed by atoms with E-state index in [9.17, 15) is 13.2 Å². The molecule has 2 aromatic rings. The van der Waals surface area contributed by atoms with Gasteiger partial charge >= 0.3 is 0 Å². The maximum Gasteiger partial charge on any atom is 0.246 e. The number of sulfonamides is 1. The Morgan fingerprint density at radius 2 is 1.68 bits per heavy atom. The van der Waals surface area contributed by atoms with Gasteiger partial charge in [-0.3, -0.25) is 4.79 Å². The van der Waals surface area contributed by atoms with Crippen LogP contribution in [0, 0.1) is 6.92 Å². The highest BCUT2D eigenvalue weighted by molar-refractivity contribution is 7.89. The molecule has 0 aliphatic carbocycles. The lowest BCUT2D eigenvalue weighted by atomic mass is 10.1. The maximum atomic E-state index is 12.5. The van der Waals surface area contributed by atoms with Crippen molar-refractivity contribution in [1.29, 1.82) is 0 Å². The van der Waals surface area contributed by atoms with Crippen LogP contribution < -0.4 is 4.72 Å². The number of likely N-dealkylation sites (tertiary alicyclic amines) is 1. The normalized spacial score (nSPS) is 15.9. The van der Waals surface area contributed by atoms with Gasteiger partial charge in [0.05, 0.1) is 4.90 Å². The fourth-order valence-electron chi connectivity index (χ4n) is 3.07. The Kier molecular flexibility index (Phi) is 6.54. The van der Waals surface area contributed by atoms with Gasteiger partial charge in [0, 0.05) is 30.2 Å². The summed E-state index contributed by atoms with van der Waals surface area (Å²) in [6.45, 7) is 3.06. The molecule has 0 spiro atoms. The summed E-state index contributed by atoms with van der Waals surface area (Å²) < 4.78 is 27.7. The van der Waals surface area contributed by atoms with Crippen molar-refractivity contribution in [3.63, 3.8) is 0 Å². The Hall–Kier alpha value is -2.15. The summed E-state index contributed by atoms with van der Waals surface area (Å²) in [6.07, 6.45) is 4.54. The van der Waals surface area contributed by atoms with Crippen LogP contribution in [0.4, 0.5) is 0 Å². The molecule has 1 N–H and O–H groups in total. The molecule has 28 heavy (non-hydrogen) atoms. The Bertz CT molecular complexity index is 946. The van der Waals surface area contributed by atoms with Crippen molar-refractivity contribution in [2.45, 2.75) is 30.7 Å². The highest BCUT2D eigenvalue weighted by Crippen LogP contribution is 2.17. The summed E-state index contributed by atoms with van der Waals surface area (Å²) in [6, 6.07) is 13.8. The summed E-state index contributed by atoms with van der Waals surface area (Å²) in [7, 11) is -3.59. The minimum atomic E-state index is -3.59. The van der Waals surface area contributed by atoms with Crippen LogP contribution in [0.15, 0.2) is 59.5 Å². The van der Waals surface area contributed by atoms with Crippen LogP contribution >= 0.6 is 11.6 Å². The van der Waals surface area contributed by atoms with Crippen molar-refractivity contribution >= 4 is 33.6 Å². The zero-order valence-electron chi connectivity index (χ0n) is 15.6. The fourth-order valence-corrected chi connectivity index (χ4v) is 4.50. The molecule has 1 aliphatic heterocycles. The number of hydrogen-bond donors (Lipinski definition) is 1. The zero-order chi connectivity index (χ0) is 20.1. The lowest BCUT2D eigenvalue weighted by molar-refractivity contribution is -0.126. The van der Waals surface area contributed by atoms with E-state index in [2.05, 4.69) is 4.72 Å². The molecule has 2 aromatic carbocycles. The molecule has 5 nitrogen and oxygen atoms in total. The van der Waals surface area contributed by atoms with E-state index in [1.807, 2.05) is 31.2 Å². The number of amides is 1. The van der Waals surface area contributed by atoms with Crippen LogP contribution in [-0.2, 0) is 14.8 Å². The van der Waals surface area contributed by atoms with Gasteiger partial charge in [-0.1, -0.05) is 41.4 Å². The summed E-state index contributed by atoms with van der Waals surface area (Å²) >= 11 is 5.81. The second-order valence-electron chi connectivity index (χ2n) is 6.92. The van der Waals surface area contributed by atoms with Crippen LogP contribution in [0.5, 0.6) is 0 Å². The maximum absolute atomic E-state index is 12.5. The molecule has 3 rings (SSSR count). The Morgan fingerprint density at radius 1 is 1.07 bits per heavy atom. The first-order valence-electron chi connectivity index (χ1n) is 9.15. The molecule has 7 heteroatoms. The van der Waals surface area contributed by atoms with E-state index in [1.54, 1.807) is 29.2 Å². The second-order valence-corrected chi connectivity index (χ2v) is 9.07. The number of benzene rings is 2. The van der Waals surface area contributed by atoms with Crippen molar-refractivity contribution in [3.05, 3.63) is 70.8 Å². The van der Waals surface area contributed by atoms with E-state index < -0.39 is 10.0 Å². The van der Waals surface area contributed by atoms with Gasteiger partial charge in [0.15, 0.2) is 0 Å². The number of carbonyl (C=O) groups excluding carboxylic acids is 1. The third kappa shape index (κ3) is 5.44. The minimum Gasteiger partial charge on any atom is -0.339 e. The monoisotopic (exact) mass is 418 g/mol. The van der Waals surface area contributed by atoms with Gasteiger partial charge in [-0.05, 0) is 55.7 Å². The minimum absolute atomic E-state index is 0.0559. The average molecular weight is 419 g/mol. The number of nitrogens with zero attached hydrogens (tertiary/aromatic N) is 1. The van der Waals surface area contributed by atoms with Crippen LogP contribution in [0.3, 0.4) is 0 Å². The van der Waals surface area contributed by atoms with Gasteiger partial charge < -0.3 is 4.90 Å². The quantitative estimate of drug-likeness (QED) is 0.754. The molecule has 0 bridgehead atoms. The molecule has 1 amide bonds. The molecule has 0 radical (unpaired) electrons. The predicted molar refractivity (Wildman–Crippen MR) is 112 cm³/mol. The van der Waals surface area contributed by atoms with Crippen molar-refractivity contribution in [3.8, 4) is 0 Å². The highest BCUT2D eigenvalue weighted by atomic mass is 35.5. The summed E-state index contributed by atoms with van der Waals surface area (Å²) in [5.74, 6) is -0.0559. The molecule has 0 atom stereocenters. The van der Waals surface area contributed by atoms with Crippen molar-refractivity contribution in [2.24, 2.45) is 0 Å². The first-order chi connectivity index (χ1) is 13.3. The van der Waals surface area contributed by atoms with E-state index in [4.69, 9.17) is 11.6 Å². The van der Waals surface area contributed by atoms with Crippen LogP contribution in [0.1, 0.15) is 24.0 Å². The van der Waals surface area contributed by atoms with Gasteiger partial charge in [0.1, 0.15) is 0 Å². The lowest BCUT2D eigenvalue weighted by Crippen LogP contribution is -2.46. The Balaban J connectivity index is 1.53. The van der Waals surface area contributed by atoms with Gasteiger partial charge in [0.2, 0.25) is 15.9 Å². The SMILES string of the molecule is Cc1ccc(/C=C/C(=O)N2CCC(NS(=O)(=O)c3ccc(Cl)cc3)CC2)cc1. The largest absolute Gasteiger partial charge is 0.339 e. The average Bonchev–Trinajstić information content (AvgIpc) is 2.68. The topological polar surface area (TPSA) is 66.5 Å². The third-order valence-electron chi connectivity index (χ3n) is 4.75. The van der Waals surface area contributed by atoms with Crippen LogP contribution in [-0.4, -0.2) is 38.4 Å². The van der Waals surface area contributed by atoms with E-state index in [1.165, 1.54) is 17.7 Å². The molecule has 0 saturated carbocycles. The van der Waals surface area contributed by atoms with E-state index in [-0.39, 0.29) is 16.8 Å². The Morgan fingerprint density at radius 3 is 2.29 bits per heavy atom. The third-order valence-corrected chi connectivity index (χ3v) is 6.54. The van der Waals surface area contributed by atoms with Crippen molar-refractivity contribution in [2.75, 3.05) is 13.1 Å². The summed E-state index contributed by atoms with van der Waals surface area (Å²) in [5.41, 5.74) is 2.15. The summed E-state index contributed by atoms with van der Waals surface area (Å²) in [5, 5.41) is 0.490. The smallest absolute Gasteiger partial charge is 0.246 e. The predicted octanol–water partition coefficient (Wildman–Crippen LogP) is 3.63. The van der Waals surface area contributed by atoms with E-state index >= 15 is 0 Å². The molecular weight excluding hydrogens is 396 g/mol. The molecule has 1 fully saturated rings. The summed E-state index contributed by atoms with van der Waals surface area (Å²) in [4.78, 5) is 14.3. The molecule has 1 heterocycles. The van der Waals surface area contributed by atoms with Crippen molar-refractivity contribution in [1.82, 2.24) is 9.62 Å². The number of hydrogen-bond acceptors (Lipinski definition) is 3. The molecule has 0 aromatic heterocycles. The number of carbonyl (C=O) groups is 1. The molecular formula is C21H23ClN2O3S. The van der Waals surface area contributed by atoms with E-state index in [0.717, 1.165) is 5.56 Å². The van der Waals surface area contributed by atoms with Crippen molar-refractivity contribution < 1.29 is 13.2 Å². The second kappa shape index (κ2) is 8.90. The fraction of sp³-hybridized carbons (Fsp3) is 0.286. The van der Waals surface area contributed by atoms with Crippen LogP contribution in [0.25, 0.3) is 6.08 Å². The van der Waals surface area contributed by atoms with Crippen LogP contribution in [0.2, 0.25) is 5.02 Å². The first kappa shape index (κ1) is 20.6. The zero-order valence-corrected chi connectivity index (χ0v) is 17.2. The standard InChI is InChI=1S/C21H23ClN2O3S/c1-16-2-4-17(5-3-16)6-11-21(25)24-14-12-19(13-15-24)23-28(26,27)20-9-7-18(22)8-10-20/h2-11,19,23H,12-15H2,1H3/b11-6+. The number of rotatable bonds is 5. The molecule has 1 saturated heterocycles. The number of nitrogens with one attached hydrogen (secondary N) is 1. The van der Waals surface area contributed by atoms with E-state index in [0.29, 0.717) is 31.0 Å². The molecule has 0 unspecified atom stereocenters. The molecule has 148 valence electrons. The highest BCUT2D eigenvalue weighted by Gasteiger charge is 2.26. The molecule has 1 aliphatic rings. The Labute approximate surface area is 171 Å². The van der Waals surface area contributed by atoms with Gasteiger partial charge in [-0.25, -0.2) is 13.1 Å². The first-order valence-corrected chi connectivity index (χ1v) is 11.0. The van der Waals surface area contributed by atoms with Gasteiger partial charge in [-0.15, -0.1) is 0 Å². The van der Waals surface area contributed by atoms with Gasteiger partial charge in [-0.2, -0.15) is 0 Å².